The summed E-state index contributed by atoms with van der Waals surface area (Å²) in [5, 5.41) is 1.23. The van der Waals surface area contributed by atoms with E-state index in [1.54, 1.807) is 0 Å². The standard InChI is InChI=1S/C22H28N2/c1-22(2,3)23-16-21-19(15-14-17-10-6-5-7-11-17)18-12-8-9-13-20(18)24(21)4/h8-9,12-13,16-17H,5-7,10-11H2,1-4H3. The zero-order valence-corrected chi connectivity index (χ0v) is 15.4. The van der Waals surface area contributed by atoms with E-state index >= 15 is 0 Å². The van der Waals surface area contributed by atoms with Gasteiger partial charge in [-0.05, 0) is 39.7 Å². The summed E-state index contributed by atoms with van der Waals surface area (Å²) < 4.78 is 2.22. The molecule has 0 spiro atoms. The summed E-state index contributed by atoms with van der Waals surface area (Å²) in [4.78, 5) is 4.72. The Kier molecular flexibility index (Phi) is 4.81. The van der Waals surface area contributed by atoms with Crippen LogP contribution in [0.15, 0.2) is 29.3 Å². The molecule has 0 saturated heterocycles. The second kappa shape index (κ2) is 6.85. The predicted octanol–water partition coefficient (Wildman–Crippen LogP) is 5.33. The largest absolute Gasteiger partial charge is 0.342 e. The van der Waals surface area contributed by atoms with Crippen molar-refractivity contribution in [1.82, 2.24) is 4.57 Å². The minimum absolute atomic E-state index is 0.0788. The average Bonchev–Trinajstić information content (AvgIpc) is 2.83. The van der Waals surface area contributed by atoms with Gasteiger partial charge in [0, 0.05) is 30.1 Å². The van der Waals surface area contributed by atoms with E-state index in [2.05, 4.69) is 68.5 Å². The molecule has 24 heavy (non-hydrogen) atoms. The van der Waals surface area contributed by atoms with Crippen molar-refractivity contribution in [2.75, 3.05) is 0 Å². The summed E-state index contributed by atoms with van der Waals surface area (Å²) in [6, 6.07) is 8.52. The normalized spacial score (nSPS) is 16.5. The molecule has 3 rings (SSSR count). The summed E-state index contributed by atoms with van der Waals surface area (Å²) in [7, 11) is 2.11. The van der Waals surface area contributed by atoms with Crippen LogP contribution in [0, 0.1) is 17.8 Å². The topological polar surface area (TPSA) is 17.3 Å². The van der Waals surface area contributed by atoms with Crippen LogP contribution in [0.1, 0.15) is 64.1 Å². The van der Waals surface area contributed by atoms with Gasteiger partial charge in [0.2, 0.25) is 0 Å². The SMILES string of the molecule is Cn1c(C=NC(C)(C)C)c(C#CC2CCCCC2)c2ccccc21. The van der Waals surface area contributed by atoms with Gasteiger partial charge in [-0.3, -0.25) is 4.99 Å². The van der Waals surface area contributed by atoms with Crippen molar-refractivity contribution in [1.29, 1.82) is 0 Å². The Bertz CT molecular complexity index is 800. The van der Waals surface area contributed by atoms with E-state index in [9.17, 15) is 0 Å². The smallest absolute Gasteiger partial charge is 0.0755 e. The monoisotopic (exact) mass is 320 g/mol. The maximum Gasteiger partial charge on any atom is 0.0755 e. The number of nitrogens with zero attached hydrogens (tertiary/aromatic N) is 2. The third-order valence-corrected chi connectivity index (χ3v) is 4.73. The first-order valence-electron chi connectivity index (χ1n) is 9.10. The Morgan fingerprint density at radius 2 is 1.83 bits per heavy atom. The average molecular weight is 320 g/mol. The molecule has 2 heteroatoms. The van der Waals surface area contributed by atoms with Gasteiger partial charge in [-0.15, -0.1) is 0 Å². The highest BCUT2D eigenvalue weighted by atomic mass is 15.0. The molecule has 2 nitrogen and oxygen atoms in total. The Morgan fingerprint density at radius 1 is 1.12 bits per heavy atom. The Hall–Kier alpha value is -2.01. The summed E-state index contributed by atoms with van der Waals surface area (Å²) in [5.41, 5.74) is 3.40. The molecule has 1 saturated carbocycles. The lowest BCUT2D eigenvalue weighted by atomic mass is 9.89. The van der Waals surface area contributed by atoms with Crippen molar-refractivity contribution in [2.45, 2.75) is 58.4 Å². The summed E-state index contributed by atoms with van der Waals surface area (Å²) in [6.45, 7) is 6.37. The van der Waals surface area contributed by atoms with Crippen molar-refractivity contribution in [3.05, 3.63) is 35.5 Å². The van der Waals surface area contributed by atoms with Crippen LogP contribution in [0.5, 0.6) is 0 Å². The molecule has 1 heterocycles. The highest BCUT2D eigenvalue weighted by molar-refractivity contribution is 5.97. The zero-order chi connectivity index (χ0) is 17.2. The summed E-state index contributed by atoms with van der Waals surface area (Å²) >= 11 is 0. The van der Waals surface area contributed by atoms with E-state index in [-0.39, 0.29) is 5.54 Å². The first-order chi connectivity index (χ1) is 11.5. The molecule has 0 bridgehead atoms. The van der Waals surface area contributed by atoms with Gasteiger partial charge in [0.1, 0.15) is 0 Å². The minimum atomic E-state index is -0.0788. The van der Waals surface area contributed by atoms with Crippen LogP contribution < -0.4 is 0 Å². The number of rotatable bonds is 1. The van der Waals surface area contributed by atoms with E-state index in [0.29, 0.717) is 5.92 Å². The van der Waals surface area contributed by atoms with E-state index in [0.717, 1.165) is 11.3 Å². The molecule has 1 aromatic carbocycles. The number of fused-ring (bicyclic) bond motifs is 1. The van der Waals surface area contributed by atoms with Crippen molar-refractivity contribution < 1.29 is 0 Å². The number of aliphatic imine (C=N–C) groups is 1. The quantitative estimate of drug-likeness (QED) is 0.499. The van der Waals surface area contributed by atoms with Gasteiger partial charge in [0.05, 0.1) is 16.8 Å². The molecule has 0 radical (unpaired) electrons. The van der Waals surface area contributed by atoms with Crippen LogP contribution >= 0.6 is 0 Å². The molecule has 0 N–H and O–H groups in total. The van der Waals surface area contributed by atoms with Crippen LogP contribution in [0.25, 0.3) is 10.9 Å². The summed E-state index contributed by atoms with van der Waals surface area (Å²) in [6.07, 6.45) is 8.54. The fourth-order valence-electron chi connectivity index (χ4n) is 3.37. The van der Waals surface area contributed by atoms with Crippen LogP contribution in [0.4, 0.5) is 0 Å². The third kappa shape index (κ3) is 3.73. The highest BCUT2D eigenvalue weighted by Crippen LogP contribution is 2.26. The Balaban J connectivity index is 2.07. The van der Waals surface area contributed by atoms with Crippen LogP contribution in [0.2, 0.25) is 0 Å². The van der Waals surface area contributed by atoms with Gasteiger partial charge in [-0.1, -0.05) is 49.3 Å². The molecule has 1 aliphatic rings. The highest BCUT2D eigenvalue weighted by Gasteiger charge is 2.15. The molecule has 0 aliphatic heterocycles. The molecule has 1 aliphatic carbocycles. The zero-order valence-electron chi connectivity index (χ0n) is 15.4. The van der Waals surface area contributed by atoms with Crippen molar-refractivity contribution in [3.8, 4) is 11.8 Å². The minimum Gasteiger partial charge on any atom is -0.342 e. The second-order valence-corrected chi connectivity index (χ2v) is 7.87. The lowest BCUT2D eigenvalue weighted by Crippen LogP contribution is -2.11. The van der Waals surface area contributed by atoms with E-state index in [1.165, 1.54) is 43.0 Å². The van der Waals surface area contributed by atoms with Crippen LogP contribution in [-0.4, -0.2) is 16.3 Å². The summed E-state index contributed by atoms with van der Waals surface area (Å²) in [5.74, 6) is 7.64. The van der Waals surface area contributed by atoms with Gasteiger partial charge in [0.25, 0.3) is 0 Å². The van der Waals surface area contributed by atoms with Crippen LogP contribution in [0.3, 0.4) is 0 Å². The molecule has 0 atom stereocenters. The third-order valence-electron chi connectivity index (χ3n) is 4.73. The van der Waals surface area contributed by atoms with Gasteiger partial charge in [-0.2, -0.15) is 0 Å². The molecule has 1 aromatic heterocycles. The number of aromatic nitrogens is 1. The fourth-order valence-corrected chi connectivity index (χ4v) is 3.37. The molecular formula is C22H28N2. The first kappa shape index (κ1) is 16.8. The number of benzene rings is 1. The van der Waals surface area contributed by atoms with Gasteiger partial charge < -0.3 is 4.57 Å². The van der Waals surface area contributed by atoms with Crippen LogP contribution in [-0.2, 0) is 7.05 Å². The first-order valence-corrected chi connectivity index (χ1v) is 9.10. The molecule has 1 fully saturated rings. The van der Waals surface area contributed by atoms with Gasteiger partial charge in [-0.25, -0.2) is 0 Å². The molecule has 0 unspecified atom stereocenters. The Morgan fingerprint density at radius 3 is 2.54 bits per heavy atom. The lowest BCUT2D eigenvalue weighted by Gasteiger charge is -2.15. The maximum atomic E-state index is 4.72. The van der Waals surface area contributed by atoms with Crippen molar-refractivity contribution >= 4 is 17.1 Å². The Labute approximate surface area is 146 Å². The van der Waals surface area contributed by atoms with Crippen molar-refractivity contribution in [2.24, 2.45) is 18.0 Å². The van der Waals surface area contributed by atoms with E-state index < -0.39 is 0 Å². The molecular weight excluding hydrogens is 292 g/mol. The van der Waals surface area contributed by atoms with Gasteiger partial charge >= 0.3 is 0 Å². The lowest BCUT2D eigenvalue weighted by molar-refractivity contribution is 0.430. The number of hydrogen-bond donors (Lipinski definition) is 0. The number of para-hydroxylation sites is 1. The van der Waals surface area contributed by atoms with Gasteiger partial charge in [0.15, 0.2) is 0 Å². The number of aryl methyl sites for hydroxylation is 1. The van der Waals surface area contributed by atoms with E-state index in [4.69, 9.17) is 4.99 Å². The predicted molar refractivity (Wildman–Crippen MR) is 104 cm³/mol. The second-order valence-electron chi connectivity index (χ2n) is 7.87. The maximum absolute atomic E-state index is 4.72. The fraction of sp³-hybridized carbons (Fsp3) is 0.500. The van der Waals surface area contributed by atoms with Crippen molar-refractivity contribution in [3.63, 3.8) is 0 Å². The van der Waals surface area contributed by atoms with E-state index in [1.807, 2.05) is 6.21 Å². The molecule has 2 aromatic rings. The molecule has 126 valence electrons. The molecule has 0 amide bonds. The number of hydrogen-bond acceptors (Lipinski definition) is 1.